The molecule has 0 rings (SSSR count). The van der Waals surface area contributed by atoms with E-state index in [1.807, 2.05) is 0 Å². The first kappa shape index (κ1) is 65.3. The van der Waals surface area contributed by atoms with Gasteiger partial charge in [-0.1, -0.05) is 261 Å². The van der Waals surface area contributed by atoms with Crippen LogP contribution < -0.4 is 0 Å². The van der Waals surface area contributed by atoms with Crippen molar-refractivity contribution in [2.24, 2.45) is 0 Å². The highest BCUT2D eigenvalue weighted by Gasteiger charge is 2.17. The van der Waals surface area contributed by atoms with Gasteiger partial charge in [0.2, 0.25) is 0 Å². The zero-order valence-corrected chi connectivity index (χ0v) is 45.4. The van der Waals surface area contributed by atoms with Crippen LogP contribution in [0, 0.1) is 0 Å². The van der Waals surface area contributed by atoms with Crippen LogP contribution >= 0.6 is 0 Å². The molecule has 0 aliphatic rings. The maximum atomic E-state index is 12.9. The Hall–Kier alpha value is -2.66. The van der Waals surface area contributed by atoms with Gasteiger partial charge in [-0.25, -0.2) is 0 Å². The highest BCUT2D eigenvalue weighted by Crippen LogP contribution is 2.16. The summed E-state index contributed by atoms with van der Waals surface area (Å²) in [6.45, 7) is 7.69. The van der Waals surface area contributed by atoms with E-state index in [0.29, 0.717) is 19.4 Å². The van der Waals surface area contributed by atoms with Gasteiger partial charge >= 0.3 is 11.9 Å². The Labute approximate surface area is 423 Å². The van der Waals surface area contributed by atoms with Gasteiger partial charge in [-0.3, -0.25) is 9.59 Å². The first-order valence-electron chi connectivity index (χ1n) is 29.5. The van der Waals surface area contributed by atoms with Gasteiger partial charge < -0.3 is 14.2 Å². The lowest BCUT2D eigenvalue weighted by molar-refractivity contribution is -0.163. The average molecular weight is 950 g/mol. The summed E-state index contributed by atoms with van der Waals surface area (Å²) in [5, 5.41) is 0. The first-order valence-corrected chi connectivity index (χ1v) is 29.5. The Morgan fingerprint density at radius 2 is 0.662 bits per heavy atom. The van der Waals surface area contributed by atoms with Crippen LogP contribution in [0.15, 0.2) is 72.9 Å². The number of rotatable bonds is 54. The van der Waals surface area contributed by atoms with Crippen LogP contribution in [0.1, 0.15) is 290 Å². The number of carbonyl (C=O) groups is 2. The molecule has 0 aliphatic carbocycles. The summed E-state index contributed by atoms with van der Waals surface area (Å²) in [6, 6.07) is 0. The molecular formula is C63H112O5. The summed E-state index contributed by atoms with van der Waals surface area (Å²) >= 11 is 0. The summed E-state index contributed by atoms with van der Waals surface area (Å²) in [7, 11) is 0. The van der Waals surface area contributed by atoms with Crippen molar-refractivity contribution in [3.8, 4) is 0 Å². The normalized spacial score (nSPS) is 12.7. The summed E-state index contributed by atoms with van der Waals surface area (Å²) < 4.78 is 17.5. The largest absolute Gasteiger partial charge is 0.462 e. The van der Waals surface area contributed by atoms with E-state index < -0.39 is 6.10 Å². The van der Waals surface area contributed by atoms with Gasteiger partial charge in [-0.2, -0.15) is 0 Å². The van der Waals surface area contributed by atoms with E-state index in [4.69, 9.17) is 14.2 Å². The van der Waals surface area contributed by atoms with Gasteiger partial charge in [0.15, 0.2) is 6.10 Å². The third-order valence-corrected chi connectivity index (χ3v) is 12.7. The SMILES string of the molecule is CC/C=C\C/C=C\C/C=C\C/C=C\C/C=C\CCCCCCOCC(COC(=O)CCCCCCCCCCCCCCCCCCC)OC(=O)CCCCCCC/C=C\CCCCCCCC. The van der Waals surface area contributed by atoms with Crippen molar-refractivity contribution in [2.75, 3.05) is 19.8 Å². The number of carbonyl (C=O) groups excluding carboxylic acids is 2. The van der Waals surface area contributed by atoms with E-state index in [0.717, 1.165) is 89.9 Å². The molecule has 0 heterocycles. The van der Waals surface area contributed by atoms with Crippen LogP contribution in [0.25, 0.3) is 0 Å². The Morgan fingerprint density at radius 3 is 1.07 bits per heavy atom. The monoisotopic (exact) mass is 949 g/mol. The highest BCUT2D eigenvalue weighted by molar-refractivity contribution is 5.70. The molecule has 1 atom stereocenters. The maximum Gasteiger partial charge on any atom is 0.306 e. The zero-order valence-electron chi connectivity index (χ0n) is 45.4. The van der Waals surface area contributed by atoms with Crippen LogP contribution in [0.4, 0.5) is 0 Å². The molecule has 0 spiro atoms. The molecule has 0 N–H and O–H groups in total. The average Bonchev–Trinajstić information content (AvgIpc) is 3.34. The number of unbranched alkanes of at least 4 members (excludes halogenated alkanes) is 31. The molecule has 394 valence electrons. The number of hydrogen-bond acceptors (Lipinski definition) is 5. The van der Waals surface area contributed by atoms with Crippen molar-refractivity contribution in [1.29, 1.82) is 0 Å². The third-order valence-electron chi connectivity index (χ3n) is 12.7. The van der Waals surface area contributed by atoms with Crippen LogP contribution in [0.5, 0.6) is 0 Å². The van der Waals surface area contributed by atoms with Gasteiger partial charge in [-0.15, -0.1) is 0 Å². The topological polar surface area (TPSA) is 61.8 Å². The van der Waals surface area contributed by atoms with E-state index in [2.05, 4.69) is 93.7 Å². The second-order valence-electron chi connectivity index (χ2n) is 19.5. The number of allylic oxidation sites excluding steroid dienone is 12. The van der Waals surface area contributed by atoms with Crippen LogP contribution in [0.2, 0.25) is 0 Å². The molecule has 0 aromatic heterocycles. The van der Waals surface area contributed by atoms with E-state index in [9.17, 15) is 9.59 Å². The van der Waals surface area contributed by atoms with Crippen LogP contribution in [0.3, 0.4) is 0 Å². The fourth-order valence-corrected chi connectivity index (χ4v) is 8.36. The quantitative estimate of drug-likeness (QED) is 0.0345. The van der Waals surface area contributed by atoms with Crippen LogP contribution in [-0.2, 0) is 23.8 Å². The molecule has 0 radical (unpaired) electrons. The molecule has 0 fully saturated rings. The lowest BCUT2D eigenvalue weighted by atomic mass is 10.0. The first-order chi connectivity index (χ1) is 33.6. The predicted octanol–water partition coefficient (Wildman–Crippen LogP) is 20.2. The fraction of sp³-hybridized carbons (Fsp3) is 0.778. The van der Waals surface area contributed by atoms with E-state index in [1.54, 1.807) is 0 Å². The Morgan fingerprint density at radius 1 is 0.338 bits per heavy atom. The third kappa shape index (κ3) is 55.9. The van der Waals surface area contributed by atoms with E-state index >= 15 is 0 Å². The van der Waals surface area contributed by atoms with Gasteiger partial charge in [0, 0.05) is 19.4 Å². The van der Waals surface area contributed by atoms with Gasteiger partial charge in [0.25, 0.3) is 0 Å². The lowest BCUT2D eigenvalue weighted by Gasteiger charge is -2.18. The Balaban J connectivity index is 4.32. The molecule has 0 aliphatic heterocycles. The number of esters is 2. The second kappa shape index (κ2) is 58.7. The molecular weight excluding hydrogens is 837 g/mol. The molecule has 0 saturated carbocycles. The Bertz CT molecular complexity index is 1210. The molecule has 68 heavy (non-hydrogen) atoms. The molecule has 1 unspecified atom stereocenters. The molecule has 5 heteroatoms. The number of hydrogen-bond donors (Lipinski definition) is 0. The van der Waals surface area contributed by atoms with Crippen molar-refractivity contribution in [2.45, 2.75) is 297 Å². The summed E-state index contributed by atoms with van der Waals surface area (Å²) in [4.78, 5) is 25.5. The van der Waals surface area contributed by atoms with Crippen molar-refractivity contribution < 1.29 is 23.8 Å². The minimum absolute atomic E-state index is 0.0726. The molecule has 0 aromatic carbocycles. The molecule has 5 nitrogen and oxygen atoms in total. The van der Waals surface area contributed by atoms with Crippen molar-refractivity contribution >= 4 is 11.9 Å². The Kier molecular flexibility index (Phi) is 56.4. The van der Waals surface area contributed by atoms with Gasteiger partial charge in [-0.05, 0) is 89.9 Å². The maximum absolute atomic E-state index is 12.9. The van der Waals surface area contributed by atoms with Crippen LogP contribution in [-0.4, -0.2) is 37.9 Å². The number of ether oxygens (including phenoxy) is 3. The standard InChI is InChI=1S/C63H112O5/c1-4-7-10-13-16-19-22-25-28-30-31-32-34-37-40-43-46-49-52-55-58-66-59-61(68-63(65)57-54-51-48-45-42-39-35-27-24-21-18-15-12-9-6-3)60-67-62(64)56-53-50-47-44-41-38-36-33-29-26-23-20-17-14-11-8-5-2/h7,10,16,19,25,27-28,31-32,35,37,40,61H,4-6,8-9,11-15,17-18,20-24,26,29-30,33-34,36,38-39,41-60H2,1-3H3/b10-7-,19-16-,28-25-,32-31-,35-27-,40-37-. The smallest absolute Gasteiger partial charge is 0.306 e. The molecule has 0 aromatic rings. The minimum Gasteiger partial charge on any atom is -0.462 e. The van der Waals surface area contributed by atoms with Gasteiger partial charge in [0.1, 0.15) is 6.61 Å². The molecule has 0 bridgehead atoms. The molecule has 0 saturated heterocycles. The van der Waals surface area contributed by atoms with Crippen molar-refractivity contribution in [1.82, 2.24) is 0 Å². The molecule has 0 amide bonds. The zero-order chi connectivity index (χ0) is 49.2. The van der Waals surface area contributed by atoms with Crippen molar-refractivity contribution in [3.63, 3.8) is 0 Å². The van der Waals surface area contributed by atoms with E-state index in [1.165, 1.54) is 167 Å². The van der Waals surface area contributed by atoms with Gasteiger partial charge in [0.05, 0.1) is 6.61 Å². The predicted molar refractivity (Wildman–Crippen MR) is 297 cm³/mol. The van der Waals surface area contributed by atoms with Crippen molar-refractivity contribution in [3.05, 3.63) is 72.9 Å². The highest BCUT2D eigenvalue weighted by atomic mass is 16.6. The summed E-state index contributed by atoms with van der Waals surface area (Å²) in [5.74, 6) is -0.410. The second-order valence-corrected chi connectivity index (χ2v) is 19.5. The van der Waals surface area contributed by atoms with E-state index in [-0.39, 0.29) is 25.2 Å². The lowest BCUT2D eigenvalue weighted by Crippen LogP contribution is -2.30. The summed E-state index contributed by atoms with van der Waals surface area (Å²) in [5.41, 5.74) is 0. The minimum atomic E-state index is -0.555. The summed E-state index contributed by atoms with van der Waals surface area (Å²) in [6.07, 6.45) is 76.4. The fourth-order valence-electron chi connectivity index (χ4n) is 8.36.